The molecule has 0 spiro atoms. The number of aliphatic hydroxyl groups is 2. The van der Waals surface area contributed by atoms with Gasteiger partial charge in [-0.25, -0.2) is 4.39 Å². The number of aliphatic imine (C=N–C) groups is 2. The number of nitrogens with one attached hydrogen (secondary N) is 13. The summed E-state index contributed by atoms with van der Waals surface area (Å²) in [5.41, 5.74) is 35.5. The van der Waals surface area contributed by atoms with Crippen LogP contribution in [0, 0.1) is 0 Å². The molecule has 0 bridgehead atoms. The first-order valence-corrected chi connectivity index (χ1v) is 43.9. The van der Waals surface area contributed by atoms with Crippen molar-refractivity contribution in [2.75, 3.05) is 39.3 Å². The highest BCUT2D eigenvalue weighted by atomic mass is 19.1. The monoisotopic (exact) mass is 1760 g/mol. The molecule has 0 aliphatic carbocycles. The molecule has 40 heteroatoms. The van der Waals surface area contributed by atoms with Crippen molar-refractivity contribution in [3.63, 3.8) is 0 Å². The Hall–Kier alpha value is -11.6. The Morgan fingerprint density at radius 2 is 1.11 bits per heavy atom. The third-order valence-electron chi connectivity index (χ3n) is 21.7. The number of nitrogens with zero attached hydrogens (tertiary/aromatic N) is 3. The summed E-state index contributed by atoms with van der Waals surface area (Å²) in [6.07, 6.45) is 10.4. The number of benzene rings is 2. The minimum Gasteiger partial charge on any atom is -0.394 e. The number of alkyl halides is 1. The number of amides is 15. The first-order valence-electron chi connectivity index (χ1n) is 43.9. The van der Waals surface area contributed by atoms with Gasteiger partial charge in [-0.2, -0.15) is 0 Å². The Kier molecular flexibility index (Phi) is 47.4. The molecule has 27 N–H and O–H groups in total. The fraction of sp³-hybridized carbons (Fsp3) is 0.635. The predicted octanol–water partition coefficient (Wildman–Crippen LogP) is -0.771. The first kappa shape index (κ1) is 104. The number of aliphatic hydroxyl groups excluding tert-OH is 2. The van der Waals surface area contributed by atoms with Crippen molar-refractivity contribution in [1.82, 2.24) is 73.7 Å². The minimum atomic E-state index is -1.94. The number of H-pyrrole nitrogens is 1. The third kappa shape index (κ3) is 39.0. The van der Waals surface area contributed by atoms with E-state index in [9.17, 15) is 77.3 Å². The standard InChI is InChI=1S/C85H135FN22O17/c1-4-6-8-9-10-11-12-13-14-15-16-17-21-37-69(112)97-49-71(114)98-66(51-109)80(122)102-62(38-40-68(87)111)76(118)100-60(35-25-27-43-94-84(89)90)77(119)107-72(52(3)110)82(124)103-59(32-7-5-2)74(116)104-63-39-41-70(113)93-42-26-24-34-58(73(88)115)99-79(121)65(46-54-48-96-57-33-23-22-31-56(54)57)105-75(117)61(36-28-44-95-85(91)92)101-78(120)64(45-53-29-19-18-20-30-53)106-81(123)67-47-55(86)50-108(67)83(63)125/h18-20,22-23,29-31,33,48,52,55,58-67,72,96,109-110H,4-17,21,24-28,32,34-47,49-51H2,1-3H3,(H2,87,111)(H2,88,115)(H,93,113)(H,97,112)(H,98,114)(H,99,121)(H,100,118)(H,101,120)(H,102,122)(H,103,124)(H,104,116)(H,105,117)(H,106,123)(H,107,119)(H4,89,90,94)(H4,91,92,95)/t52?,55?,58-,59-,60-,61?,62-,63-,64?,65-,66-,67-,72-/m0/s1. The van der Waals surface area contributed by atoms with E-state index >= 15 is 9.18 Å². The predicted molar refractivity (Wildman–Crippen MR) is 466 cm³/mol. The second-order valence-corrected chi connectivity index (χ2v) is 32.1. The summed E-state index contributed by atoms with van der Waals surface area (Å²) < 4.78 is 16.2. The van der Waals surface area contributed by atoms with Crippen LogP contribution in [0.1, 0.15) is 225 Å². The van der Waals surface area contributed by atoms with Crippen molar-refractivity contribution in [3.05, 3.63) is 71.9 Å². The van der Waals surface area contributed by atoms with E-state index in [4.69, 9.17) is 34.4 Å². The number of rotatable bonds is 49. The highest BCUT2D eigenvalue weighted by molar-refractivity contribution is 6.01. The summed E-state index contributed by atoms with van der Waals surface area (Å²) >= 11 is 0. The molecule has 2 aliphatic heterocycles. The molecule has 39 nitrogen and oxygen atoms in total. The number of halogens is 1. The summed E-state index contributed by atoms with van der Waals surface area (Å²) in [5, 5.41) is 53.1. The van der Waals surface area contributed by atoms with E-state index in [0.717, 1.165) is 37.5 Å². The van der Waals surface area contributed by atoms with Gasteiger partial charge >= 0.3 is 0 Å². The number of hydrogen-bond acceptors (Lipinski definition) is 19. The Labute approximate surface area is 729 Å². The van der Waals surface area contributed by atoms with E-state index in [1.807, 2.05) is 6.07 Å². The van der Waals surface area contributed by atoms with Crippen LogP contribution in [0.4, 0.5) is 4.39 Å². The minimum absolute atomic E-state index is 0.0234. The molecule has 125 heavy (non-hydrogen) atoms. The van der Waals surface area contributed by atoms with E-state index in [1.54, 1.807) is 61.7 Å². The average Bonchev–Trinajstić information content (AvgIpc) is 1.68. The molecule has 694 valence electrons. The maximum atomic E-state index is 16.2. The molecule has 15 amide bonds. The van der Waals surface area contributed by atoms with Crippen LogP contribution in [-0.4, -0.2) is 239 Å². The lowest BCUT2D eigenvalue weighted by atomic mass is 10.0. The normalized spacial score (nSPS) is 19.6. The molecule has 5 rings (SSSR count). The van der Waals surface area contributed by atoms with Crippen LogP contribution >= 0.6 is 0 Å². The number of carbonyl (C=O) groups is 15. The number of carbonyl (C=O) groups excluding carboxylic acids is 15. The molecule has 13 atom stereocenters. The molecule has 1 aromatic heterocycles. The Morgan fingerprint density at radius 3 is 1.74 bits per heavy atom. The van der Waals surface area contributed by atoms with Gasteiger partial charge in [-0.1, -0.05) is 152 Å². The van der Waals surface area contributed by atoms with Crippen LogP contribution in [-0.2, 0) is 84.8 Å². The summed E-state index contributed by atoms with van der Waals surface area (Å²) in [6.45, 7) is 2.78. The number of primary amides is 2. The van der Waals surface area contributed by atoms with Crippen LogP contribution in [0.2, 0.25) is 0 Å². The lowest BCUT2D eigenvalue weighted by molar-refractivity contribution is -0.143. The highest BCUT2D eigenvalue weighted by Gasteiger charge is 2.45. The van der Waals surface area contributed by atoms with Gasteiger partial charge in [0.2, 0.25) is 88.6 Å². The van der Waals surface area contributed by atoms with E-state index in [2.05, 4.69) is 85.7 Å². The van der Waals surface area contributed by atoms with Gasteiger partial charge in [-0.05, 0) is 101 Å². The number of nitrogens with two attached hydrogens (primary N) is 6. The Bertz CT molecular complexity index is 4050. The molecular weight excluding hydrogens is 1620 g/mol. The fourth-order valence-electron chi connectivity index (χ4n) is 14.6. The van der Waals surface area contributed by atoms with Crippen LogP contribution in [0.3, 0.4) is 0 Å². The lowest BCUT2D eigenvalue weighted by Gasteiger charge is -2.31. The van der Waals surface area contributed by atoms with Gasteiger partial charge in [0.15, 0.2) is 11.9 Å². The fourth-order valence-corrected chi connectivity index (χ4v) is 14.6. The largest absolute Gasteiger partial charge is 0.394 e. The highest BCUT2D eigenvalue weighted by Crippen LogP contribution is 2.25. The maximum absolute atomic E-state index is 16.2. The van der Waals surface area contributed by atoms with Crippen molar-refractivity contribution in [3.8, 4) is 0 Å². The van der Waals surface area contributed by atoms with Crippen molar-refractivity contribution in [1.29, 1.82) is 0 Å². The molecule has 0 radical (unpaired) electrons. The quantitative estimate of drug-likeness (QED) is 0.0187. The van der Waals surface area contributed by atoms with Gasteiger partial charge in [0, 0.05) is 75.3 Å². The third-order valence-corrected chi connectivity index (χ3v) is 21.7. The van der Waals surface area contributed by atoms with Gasteiger partial charge < -0.3 is 118 Å². The topological polar surface area (TPSA) is 641 Å². The molecule has 2 aliphatic rings. The molecule has 2 aromatic carbocycles. The molecule has 2 fully saturated rings. The summed E-state index contributed by atoms with van der Waals surface area (Å²) in [6, 6.07) is -2.32. The number of guanidine groups is 2. The molecule has 0 saturated carbocycles. The van der Waals surface area contributed by atoms with Crippen LogP contribution in [0.25, 0.3) is 10.9 Å². The summed E-state index contributed by atoms with van der Waals surface area (Å²) in [7, 11) is 0. The van der Waals surface area contributed by atoms with E-state index in [0.29, 0.717) is 34.9 Å². The number of aromatic amines is 1. The van der Waals surface area contributed by atoms with Gasteiger partial charge in [0.25, 0.3) is 0 Å². The molecule has 2 saturated heterocycles. The Balaban J connectivity index is 1.39. The number of unbranched alkanes of at least 4 members (excludes halogenated alkanes) is 14. The molecule has 3 heterocycles. The summed E-state index contributed by atoms with van der Waals surface area (Å²) in [4.78, 5) is 224. The second kappa shape index (κ2) is 57.0. The van der Waals surface area contributed by atoms with Crippen LogP contribution in [0.15, 0.2) is 70.8 Å². The van der Waals surface area contributed by atoms with Gasteiger partial charge in [-0.3, -0.25) is 81.9 Å². The van der Waals surface area contributed by atoms with Gasteiger partial charge in [0.1, 0.15) is 72.6 Å². The van der Waals surface area contributed by atoms with Crippen molar-refractivity contribution < 1.29 is 86.5 Å². The van der Waals surface area contributed by atoms with Crippen molar-refractivity contribution in [2.45, 2.75) is 305 Å². The van der Waals surface area contributed by atoms with Gasteiger partial charge in [-0.15, -0.1) is 0 Å². The van der Waals surface area contributed by atoms with Crippen LogP contribution < -0.4 is 98.2 Å². The summed E-state index contributed by atoms with van der Waals surface area (Å²) in [5.74, 6) is -14.7. The smallest absolute Gasteiger partial charge is 0.245 e. The van der Waals surface area contributed by atoms with E-state index < -0.39 is 219 Å². The molecular formula is C85H135FN22O17. The zero-order valence-corrected chi connectivity index (χ0v) is 72.4. The molecule has 3 aromatic rings. The zero-order valence-electron chi connectivity index (χ0n) is 72.4. The number of fused-ring (bicyclic) bond motifs is 2. The maximum Gasteiger partial charge on any atom is 0.245 e. The zero-order chi connectivity index (χ0) is 91.8. The second-order valence-electron chi connectivity index (χ2n) is 32.1. The van der Waals surface area contributed by atoms with E-state index in [-0.39, 0.29) is 115 Å². The van der Waals surface area contributed by atoms with Crippen LogP contribution in [0.5, 0.6) is 0 Å². The van der Waals surface area contributed by atoms with Gasteiger partial charge in [0.05, 0.1) is 25.8 Å². The van der Waals surface area contributed by atoms with Crippen molar-refractivity contribution >= 4 is 111 Å². The number of aromatic nitrogens is 1. The first-order chi connectivity index (χ1) is 59.8. The average molecular weight is 1760 g/mol. The van der Waals surface area contributed by atoms with E-state index in [1.165, 1.54) is 51.4 Å². The number of para-hydroxylation sites is 1. The number of hydrogen-bond donors (Lipinski definition) is 21. The SMILES string of the molecule is CCCCCCCCCCCCCCCC(=O)NCC(=O)N[C@@H](CO)C(=O)N[C@@H](CCC(N)=O)C(=O)N[C@@H](CCCCN=C(N)N)C(=O)N[C@H](C(=O)N[C@@H](CCCC)C(=O)N[C@H]1CCC(=O)NCCCC[C@@H](C(N)=O)NC(=O)[C@H](Cc2c[nH]c3ccccc23)NC(=O)C(CCCN=C(N)N)NC(=O)C(Cc2ccccc2)NC(=O)[C@@H]2CC(F)CN2C1=O)C(C)O. The lowest BCUT2D eigenvalue weighted by Crippen LogP contribution is -2.62. The Morgan fingerprint density at radius 1 is 0.560 bits per heavy atom. The molecule has 4 unspecified atom stereocenters. The van der Waals surface area contributed by atoms with Crippen molar-refractivity contribution in [2.24, 2.45) is 44.4 Å².